The molecule has 1 unspecified atom stereocenters. The summed E-state index contributed by atoms with van der Waals surface area (Å²) >= 11 is 0. The first-order valence-corrected chi connectivity index (χ1v) is 11.4. The predicted molar refractivity (Wildman–Crippen MR) is 118 cm³/mol. The van der Waals surface area contributed by atoms with Crippen LogP contribution in [0.25, 0.3) is 0 Å². The van der Waals surface area contributed by atoms with E-state index in [1.807, 2.05) is 18.2 Å². The number of allylic oxidation sites excluding steroid dienone is 1. The molecule has 1 aliphatic carbocycles. The average molecular weight is 414 g/mol. The summed E-state index contributed by atoms with van der Waals surface area (Å²) in [5, 5.41) is 5.46. The minimum atomic E-state index is -0.525. The SMILES string of the molecule is O=C(NCCCCN1CCOC(c2ccccc2)C1)C(=O)NCCC1=CCCCC1. The zero-order valence-corrected chi connectivity index (χ0v) is 17.9. The van der Waals surface area contributed by atoms with Crippen LogP contribution < -0.4 is 10.6 Å². The van der Waals surface area contributed by atoms with Crippen LogP contribution in [-0.2, 0) is 14.3 Å². The topological polar surface area (TPSA) is 70.7 Å². The predicted octanol–water partition coefficient (Wildman–Crippen LogP) is 2.96. The standard InChI is InChI=1S/C24H35N3O3/c28-23(24(29)26-15-13-20-9-3-1-4-10-20)25-14-7-8-16-27-17-18-30-22(19-27)21-11-5-2-6-12-21/h2,5-6,9,11-12,22H,1,3-4,7-8,10,13-19H2,(H,25,28)(H,26,29). The fourth-order valence-electron chi connectivity index (χ4n) is 4.07. The Hall–Kier alpha value is -2.18. The van der Waals surface area contributed by atoms with Crippen LogP contribution in [-0.4, -0.2) is 56.0 Å². The molecule has 6 heteroatoms. The monoisotopic (exact) mass is 413 g/mol. The van der Waals surface area contributed by atoms with Gasteiger partial charge >= 0.3 is 11.8 Å². The zero-order chi connectivity index (χ0) is 21.0. The van der Waals surface area contributed by atoms with Crippen LogP contribution in [0.4, 0.5) is 0 Å². The van der Waals surface area contributed by atoms with Gasteiger partial charge in [0, 0.05) is 26.2 Å². The molecule has 1 fully saturated rings. The van der Waals surface area contributed by atoms with Gasteiger partial charge in [-0.25, -0.2) is 0 Å². The van der Waals surface area contributed by atoms with Gasteiger partial charge in [-0.3, -0.25) is 14.5 Å². The molecular weight excluding hydrogens is 378 g/mol. The van der Waals surface area contributed by atoms with Gasteiger partial charge in [0.25, 0.3) is 0 Å². The molecule has 1 saturated heterocycles. The summed E-state index contributed by atoms with van der Waals surface area (Å²) in [6.07, 6.45) is 9.85. The molecule has 1 aromatic carbocycles. The number of nitrogens with zero attached hydrogens (tertiary/aromatic N) is 1. The summed E-state index contributed by atoms with van der Waals surface area (Å²) in [6.45, 7) is 4.63. The van der Waals surface area contributed by atoms with Crippen molar-refractivity contribution in [3.05, 3.63) is 47.5 Å². The molecule has 0 spiro atoms. The molecular formula is C24H35N3O3. The number of hydrogen-bond donors (Lipinski definition) is 2. The highest BCUT2D eigenvalue weighted by Crippen LogP contribution is 2.22. The highest BCUT2D eigenvalue weighted by molar-refractivity contribution is 6.35. The van der Waals surface area contributed by atoms with E-state index >= 15 is 0 Å². The molecule has 3 rings (SSSR count). The zero-order valence-electron chi connectivity index (χ0n) is 17.9. The Balaban J connectivity index is 1.24. The molecule has 164 valence electrons. The number of amides is 2. The van der Waals surface area contributed by atoms with Gasteiger partial charge in [-0.15, -0.1) is 0 Å². The highest BCUT2D eigenvalue weighted by atomic mass is 16.5. The van der Waals surface area contributed by atoms with E-state index in [0.717, 1.165) is 58.3 Å². The quantitative estimate of drug-likeness (QED) is 0.371. The van der Waals surface area contributed by atoms with Gasteiger partial charge in [0.2, 0.25) is 0 Å². The maximum Gasteiger partial charge on any atom is 0.309 e. The van der Waals surface area contributed by atoms with E-state index in [0.29, 0.717) is 13.1 Å². The van der Waals surface area contributed by atoms with Crippen molar-refractivity contribution in [3.8, 4) is 0 Å². The van der Waals surface area contributed by atoms with Gasteiger partial charge in [-0.1, -0.05) is 42.0 Å². The Morgan fingerprint density at radius 3 is 2.60 bits per heavy atom. The lowest BCUT2D eigenvalue weighted by Crippen LogP contribution is -2.41. The molecule has 30 heavy (non-hydrogen) atoms. The maximum atomic E-state index is 11.9. The Bertz CT molecular complexity index is 705. The summed E-state index contributed by atoms with van der Waals surface area (Å²) < 4.78 is 5.90. The van der Waals surface area contributed by atoms with E-state index in [-0.39, 0.29) is 6.10 Å². The third kappa shape index (κ3) is 7.58. The molecule has 1 aliphatic heterocycles. The normalized spacial score (nSPS) is 19.7. The molecule has 6 nitrogen and oxygen atoms in total. The largest absolute Gasteiger partial charge is 0.371 e. The number of carbonyl (C=O) groups is 2. The number of nitrogens with one attached hydrogen (secondary N) is 2. The Kier molecular flexibility index (Phi) is 9.38. The lowest BCUT2D eigenvalue weighted by Gasteiger charge is -2.33. The molecule has 2 amide bonds. The van der Waals surface area contributed by atoms with Gasteiger partial charge < -0.3 is 15.4 Å². The number of benzene rings is 1. The van der Waals surface area contributed by atoms with E-state index in [1.165, 1.54) is 24.0 Å². The minimum Gasteiger partial charge on any atom is -0.371 e. The first-order chi connectivity index (χ1) is 14.7. The van der Waals surface area contributed by atoms with Crippen LogP contribution in [0.3, 0.4) is 0 Å². The summed E-state index contributed by atoms with van der Waals surface area (Å²) in [4.78, 5) is 26.2. The summed E-state index contributed by atoms with van der Waals surface area (Å²) in [6, 6.07) is 10.3. The van der Waals surface area contributed by atoms with E-state index < -0.39 is 11.8 Å². The molecule has 0 aromatic heterocycles. The van der Waals surface area contributed by atoms with Crippen molar-refractivity contribution in [1.29, 1.82) is 0 Å². The number of unbranched alkanes of at least 4 members (excludes halogenated alkanes) is 1. The fraction of sp³-hybridized carbons (Fsp3) is 0.583. The van der Waals surface area contributed by atoms with E-state index in [4.69, 9.17) is 4.74 Å². The molecule has 1 aromatic rings. The fourth-order valence-corrected chi connectivity index (χ4v) is 4.07. The number of morpholine rings is 1. The Morgan fingerprint density at radius 2 is 1.83 bits per heavy atom. The number of rotatable bonds is 9. The second-order valence-corrected chi connectivity index (χ2v) is 8.15. The second kappa shape index (κ2) is 12.5. The second-order valence-electron chi connectivity index (χ2n) is 8.15. The van der Waals surface area contributed by atoms with Crippen molar-refractivity contribution in [2.45, 2.75) is 51.0 Å². The van der Waals surface area contributed by atoms with Gasteiger partial charge in [0.1, 0.15) is 0 Å². The van der Waals surface area contributed by atoms with Gasteiger partial charge in [0.15, 0.2) is 0 Å². The van der Waals surface area contributed by atoms with Crippen LogP contribution in [0.1, 0.15) is 56.6 Å². The van der Waals surface area contributed by atoms with Gasteiger partial charge in [-0.2, -0.15) is 0 Å². The first kappa shape index (κ1) is 22.5. The first-order valence-electron chi connectivity index (χ1n) is 11.4. The van der Waals surface area contributed by atoms with Gasteiger partial charge in [0.05, 0.1) is 12.7 Å². The lowest BCUT2D eigenvalue weighted by molar-refractivity contribution is -0.139. The molecule has 0 bridgehead atoms. The molecule has 0 radical (unpaired) electrons. The van der Waals surface area contributed by atoms with Crippen LogP contribution in [0.5, 0.6) is 0 Å². The summed E-state index contributed by atoms with van der Waals surface area (Å²) in [5.41, 5.74) is 2.62. The van der Waals surface area contributed by atoms with Crippen molar-refractivity contribution < 1.29 is 14.3 Å². The van der Waals surface area contributed by atoms with Crippen molar-refractivity contribution in [2.24, 2.45) is 0 Å². The van der Waals surface area contributed by atoms with Crippen LogP contribution >= 0.6 is 0 Å². The maximum absolute atomic E-state index is 11.9. The molecule has 1 heterocycles. The Morgan fingerprint density at radius 1 is 1.03 bits per heavy atom. The highest BCUT2D eigenvalue weighted by Gasteiger charge is 2.21. The lowest BCUT2D eigenvalue weighted by atomic mass is 9.97. The smallest absolute Gasteiger partial charge is 0.309 e. The van der Waals surface area contributed by atoms with E-state index in [2.05, 4.69) is 33.7 Å². The molecule has 1 atom stereocenters. The molecule has 2 aliphatic rings. The van der Waals surface area contributed by atoms with Crippen molar-refractivity contribution in [1.82, 2.24) is 15.5 Å². The van der Waals surface area contributed by atoms with Crippen molar-refractivity contribution in [2.75, 3.05) is 39.3 Å². The van der Waals surface area contributed by atoms with Crippen LogP contribution in [0.15, 0.2) is 42.0 Å². The Labute approximate surface area is 180 Å². The van der Waals surface area contributed by atoms with E-state index in [9.17, 15) is 9.59 Å². The van der Waals surface area contributed by atoms with Crippen LogP contribution in [0, 0.1) is 0 Å². The molecule has 0 saturated carbocycles. The van der Waals surface area contributed by atoms with E-state index in [1.54, 1.807) is 0 Å². The third-order valence-electron chi connectivity index (χ3n) is 5.83. The molecule has 2 N–H and O–H groups in total. The number of hydrogen-bond acceptors (Lipinski definition) is 4. The summed E-state index contributed by atoms with van der Waals surface area (Å²) in [5.74, 6) is -1.05. The average Bonchev–Trinajstić information content (AvgIpc) is 2.80. The van der Waals surface area contributed by atoms with Crippen molar-refractivity contribution in [3.63, 3.8) is 0 Å². The van der Waals surface area contributed by atoms with Crippen LogP contribution in [0.2, 0.25) is 0 Å². The van der Waals surface area contributed by atoms with Crippen molar-refractivity contribution >= 4 is 11.8 Å². The third-order valence-corrected chi connectivity index (χ3v) is 5.83. The summed E-state index contributed by atoms with van der Waals surface area (Å²) in [7, 11) is 0. The number of carbonyl (C=O) groups excluding carboxylic acids is 2. The number of ether oxygens (including phenoxy) is 1. The van der Waals surface area contributed by atoms with Gasteiger partial charge in [-0.05, 0) is 57.1 Å². The minimum absolute atomic E-state index is 0.132.